The molecule has 0 spiro atoms. The van der Waals surface area contributed by atoms with Crippen molar-refractivity contribution >= 4 is 46.0 Å². The van der Waals surface area contributed by atoms with E-state index >= 15 is 0 Å². The number of hydrogen-bond donors (Lipinski definition) is 3. The normalized spacial score (nSPS) is 18.3. The standard InChI is InChI=1S/C24H25Cl2N5O5/c1-5-18(33)28-14-7-12(32)8-15(14)29-24-27-10-11-6-13(23(34)31(2)22(11)30-24)19-20(25)16(35-3)9-17(36-4)21(19)26/h5-6,9-10,14-15,18,28,33H,1,7-8H2,2-4H3,(H,27,29,30). The summed E-state index contributed by atoms with van der Waals surface area (Å²) in [5.41, 5.74) is 0.475. The van der Waals surface area contributed by atoms with Crippen LogP contribution in [0.25, 0.3) is 22.2 Å². The van der Waals surface area contributed by atoms with Crippen LogP contribution in [0, 0.1) is 0 Å². The molecule has 0 saturated heterocycles. The van der Waals surface area contributed by atoms with E-state index in [4.69, 9.17) is 32.7 Å². The minimum atomic E-state index is -0.948. The van der Waals surface area contributed by atoms with Gasteiger partial charge in [-0.3, -0.25) is 19.5 Å². The zero-order chi connectivity index (χ0) is 26.1. The van der Waals surface area contributed by atoms with Crippen molar-refractivity contribution in [2.45, 2.75) is 31.2 Å². The molecule has 1 aromatic carbocycles. The average molecular weight is 534 g/mol. The number of aromatic nitrogens is 3. The van der Waals surface area contributed by atoms with Crippen molar-refractivity contribution in [2.75, 3.05) is 19.5 Å². The van der Waals surface area contributed by atoms with Crippen molar-refractivity contribution in [3.63, 3.8) is 0 Å². The van der Waals surface area contributed by atoms with Gasteiger partial charge >= 0.3 is 0 Å². The largest absolute Gasteiger partial charge is 0.495 e. The summed E-state index contributed by atoms with van der Waals surface area (Å²) in [6, 6.07) is 2.48. The lowest BCUT2D eigenvalue weighted by Gasteiger charge is -2.23. The molecule has 0 aliphatic heterocycles. The van der Waals surface area contributed by atoms with Crippen molar-refractivity contribution < 1.29 is 19.4 Å². The minimum absolute atomic E-state index is 0.0431. The predicted octanol–water partition coefficient (Wildman–Crippen LogP) is 2.93. The highest BCUT2D eigenvalue weighted by Gasteiger charge is 2.34. The number of benzene rings is 1. The molecular weight excluding hydrogens is 509 g/mol. The van der Waals surface area contributed by atoms with Crippen LogP contribution in [-0.4, -0.2) is 58.0 Å². The Kier molecular flexibility index (Phi) is 7.51. The van der Waals surface area contributed by atoms with Crippen molar-refractivity contribution in [3.8, 4) is 22.6 Å². The summed E-state index contributed by atoms with van der Waals surface area (Å²) in [7, 11) is 4.48. The molecule has 3 unspecified atom stereocenters. The molecule has 3 aromatic rings. The number of hydrogen-bond acceptors (Lipinski definition) is 9. The molecular formula is C24H25Cl2N5O5. The van der Waals surface area contributed by atoms with Crippen molar-refractivity contribution in [3.05, 3.63) is 51.4 Å². The maximum atomic E-state index is 13.4. The van der Waals surface area contributed by atoms with Crippen LogP contribution in [0.3, 0.4) is 0 Å². The average Bonchev–Trinajstić information content (AvgIpc) is 3.20. The summed E-state index contributed by atoms with van der Waals surface area (Å²) in [6.07, 6.45) is 2.45. The zero-order valence-corrected chi connectivity index (χ0v) is 21.4. The van der Waals surface area contributed by atoms with E-state index in [9.17, 15) is 14.7 Å². The van der Waals surface area contributed by atoms with Gasteiger partial charge in [0, 0.05) is 49.1 Å². The number of rotatable bonds is 8. The Morgan fingerprint density at radius 3 is 2.42 bits per heavy atom. The first-order valence-electron chi connectivity index (χ1n) is 11.0. The SMILES string of the molecule is C=CC(O)NC1CC(=O)CC1Nc1ncc2cc(-c3c(Cl)c(OC)cc(OC)c3Cl)c(=O)n(C)c2n1. The molecule has 1 fully saturated rings. The number of nitrogens with one attached hydrogen (secondary N) is 2. The van der Waals surface area contributed by atoms with E-state index in [0.717, 1.165) is 0 Å². The summed E-state index contributed by atoms with van der Waals surface area (Å²) in [6.45, 7) is 3.54. The third kappa shape index (κ3) is 4.77. The van der Waals surface area contributed by atoms with Crippen molar-refractivity contribution in [1.29, 1.82) is 0 Å². The Morgan fingerprint density at radius 1 is 1.17 bits per heavy atom. The zero-order valence-electron chi connectivity index (χ0n) is 19.8. The van der Waals surface area contributed by atoms with Crippen LogP contribution in [0.15, 0.2) is 35.8 Å². The van der Waals surface area contributed by atoms with E-state index in [2.05, 4.69) is 27.2 Å². The van der Waals surface area contributed by atoms with Crippen molar-refractivity contribution in [2.24, 2.45) is 7.05 Å². The number of halogens is 2. The fourth-order valence-electron chi connectivity index (χ4n) is 4.26. The number of aliphatic hydroxyl groups excluding tert-OH is 1. The second-order valence-electron chi connectivity index (χ2n) is 8.33. The van der Waals surface area contributed by atoms with Gasteiger partial charge in [0.2, 0.25) is 5.95 Å². The number of nitrogens with zero attached hydrogens (tertiary/aromatic N) is 3. The Hall–Kier alpha value is -3.18. The van der Waals surface area contributed by atoms with Gasteiger partial charge in [-0.25, -0.2) is 4.98 Å². The van der Waals surface area contributed by atoms with Gasteiger partial charge < -0.3 is 19.9 Å². The van der Waals surface area contributed by atoms with Gasteiger partial charge in [0.05, 0.1) is 35.9 Å². The number of Topliss-reactive ketones (excluding diaryl/α,β-unsaturated/α-hetero) is 1. The molecule has 4 rings (SSSR count). The van der Waals surface area contributed by atoms with E-state index in [1.54, 1.807) is 25.4 Å². The maximum absolute atomic E-state index is 13.4. The first-order chi connectivity index (χ1) is 17.2. The quantitative estimate of drug-likeness (QED) is 0.295. The monoisotopic (exact) mass is 533 g/mol. The van der Waals surface area contributed by atoms with Gasteiger partial charge in [-0.2, -0.15) is 4.98 Å². The highest BCUT2D eigenvalue weighted by molar-refractivity contribution is 6.41. The number of pyridine rings is 1. The molecule has 1 aliphatic rings. The summed E-state index contributed by atoms with van der Waals surface area (Å²) in [5.74, 6) is 0.897. The van der Waals surface area contributed by atoms with Crippen LogP contribution in [0.2, 0.25) is 10.0 Å². The second kappa shape index (κ2) is 10.4. The number of ketones is 1. The first-order valence-corrected chi connectivity index (χ1v) is 11.8. The molecule has 3 N–H and O–H groups in total. The number of carbonyl (C=O) groups excluding carboxylic acids is 1. The Labute approximate surface area is 216 Å². The summed E-state index contributed by atoms with van der Waals surface area (Å²) < 4.78 is 12.0. The van der Waals surface area contributed by atoms with Crippen LogP contribution < -0.4 is 25.7 Å². The van der Waals surface area contributed by atoms with Gasteiger partial charge in [0.1, 0.15) is 29.2 Å². The van der Waals surface area contributed by atoms with Crippen LogP contribution >= 0.6 is 23.2 Å². The Morgan fingerprint density at radius 2 is 1.81 bits per heavy atom. The van der Waals surface area contributed by atoms with Gasteiger partial charge in [-0.15, -0.1) is 0 Å². The lowest BCUT2D eigenvalue weighted by molar-refractivity contribution is -0.117. The van der Waals surface area contributed by atoms with E-state index in [0.29, 0.717) is 22.5 Å². The first kappa shape index (κ1) is 25.9. The van der Waals surface area contributed by atoms with Crippen LogP contribution in [0.4, 0.5) is 5.95 Å². The molecule has 36 heavy (non-hydrogen) atoms. The molecule has 10 nitrogen and oxygen atoms in total. The number of carbonyl (C=O) groups is 1. The molecule has 2 aromatic heterocycles. The highest BCUT2D eigenvalue weighted by Crippen LogP contribution is 2.45. The molecule has 190 valence electrons. The Balaban J connectivity index is 1.75. The molecule has 0 radical (unpaired) electrons. The molecule has 3 atom stereocenters. The second-order valence-corrected chi connectivity index (χ2v) is 9.09. The third-order valence-corrected chi connectivity index (χ3v) is 6.85. The fourth-order valence-corrected chi connectivity index (χ4v) is 4.96. The number of fused-ring (bicyclic) bond motifs is 1. The van der Waals surface area contributed by atoms with Gasteiger partial charge in [0.25, 0.3) is 5.56 Å². The molecule has 1 saturated carbocycles. The predicted molar refractivity (Wildman–Crippen MR) is 138 cm³/mol. The summed E-state index contributed by atoms with van der Waals surface area (Å²) >= 11 is 13.1. The number of methoxy groups -OCH3 is 2. The minimum Gasteiger partial charge on any atom is -0.495 e. The Bertz CT molecular complexity index is 1380. The maximum Gasteiger partial charge on any atom is 0.259 e. The highest BCUT2D eigenvalue weighted by atomic mass is 35.5. The van der Waals surface area contributed by atoms with Gasteiger partial charge in [-0.05, 0) is 12.1 Å². The third-order valence-electron chi connectivity index (χ3n) is 6.09. The smallest absolute Gasteiger partial charge is 0.259 e. The fraction of sp³-hybridized carbons (Fsp3) is 0.333. The molecule has 2 heterocycles. The number of ether oxygens (including phenoxy) is 2. The molecule has 12 heteroatoms. The molecule has 0 amide bonds. The summed E-state index contributed by atoms with van der Waals surface area (Å²) in [4.78, 5) is 34.3. The summed E-state index contributed by atoms with van der Waals surface area (Å²) in [5, 5.41) is 16.8. The number of aliphatic hydroxyl groups is 1. The lowest BCUT2D eigenvalue weighted by Crippen LogP contribution is -2.44. The number of anilines is 1. The van der Waals surface area contributed by atoms with Crippen LogP contribution in [-0.2, 0) is 11.8 Å². The molecule has 0 bridgehead atoms. The van der Waals surface area contributed by atoms with E-state index in [1.807, 2.05) is 0 Å². The molecule has 1 aliphatic carbocycles. The van der Waals surface area contributed by atoms with Gasteiger partial charge in [-0.1, -0.05) is 29.8 Å². The number of aryl methyl sites for hydroxylation is 1. The van der Waals surface area contributed by atoms with E-state index in [1.165, 1.54) is 24.9 Å². The van der Waals surface area contributed by atoms with E-state index < -0.39 is 11.8 Å². The van der Waals surface area contributed by atoms with Crippen molar-refractivity contribution in [1.82, 2.24) is 19.9 Å². The van der Waals surface area contributed by atoms with Crippen LogP contribution in [0.1, 0.15) is 12.8 Å². The lowest BCUT2D eigenvalue weighted by atomic mass is 10.0. The van der Waals surface area contributed by atoms with Gasteiger partial charge in [0.15, 0.2) is 0 Å². The topological polar surface area (TPSA) is 128 Å². The van der Waals surface area contributed by atoms with Crippen LogP contribution in [0.5, 0.6) is 11.5 Å². The van der Waals surface area contributed by atoms with E-state index in [-0.39, 0.29) is 57.8 Å².